The molecule has 0 fully saturated rings. The summed E-state index contributed by atoms with van der Waals surface area (Å²) in [7, 11) is 0. The van der Waals surface area contributed by atoms with Crippen LogP contribution >= 0.6 is 0 Å². The van der Waals surface area contributed by atoms with E-state index in [1.165, 1.54) is 11.1 Å². The van der Waals surface area contributed by atoms with Crippen molar-refractivity contribution in [1.82, 2.24) is 10.6 Å². The van der Waals surface area contributed by atoms with Crippen LogP contribution in [-0.2, 0) is 14.3 Å². The third kappa shape index (κ3) is 6.12. The Labute approximate surface area is 194 Å². The number of amides is 2. The highest BCUT2D eigenvalue weighted by Gasteiger charge is 2.29. The maximum atomic E-state index is 12.4. The number of ether oxygens (including phenoxy) is 1. The van der Waals surface area contributed by atoms with Crippen LogP contribution in [0, 0.1) is 11.8 Å². The number of fused-ring (bicyclic) bond motifs is 3. The summed E-state index contributed by atoms with van der Waals surface area (Å²) in [5.41, 5.74) is 4.66. The van der Waals surface area contributed by atoms with Gasteiger partial charge < -0.3 is 20.5 Å². The van der Waals surface area contributed by atoms with Gasteiger partial charge in [0.1, 0.15) is 6.61 Å². The number of hydrogen-bond acceptors (Lipinski definition) is 4. The molecule has 0 aromatic heterocycles. The topological polar surface area (TPSA) is 105 Å². The van der Waals surface area contributed by atoms with Crippen molar-refractivity contribution < 1.29 is 24.2 Å². The van der Waals surface area contributed by atoms with Crippen molar-refractivity contribution >= 4 is 18.0 Å². The van der Waals surface area contributed by atoms with Crippen molar-refractivity contribution in [2.75, 3.05) is 19.7 Å². The molecule has 0 spiro atoms. The van der Waals surface area contributed by atoms with E-state index in [9.17, 15) is 14.4 Å². The highest BCUT2D eigenvalue weighted by Crippen LogP contribution is 2.44. The molecule has 3 N–H and O–H groups in total. The zero-order chi connectivity index (χ0) is 23.8. The highest BCUT2D eigenvalue weighted by molar-refractivity contribution is 5.79. The molecule has 7 nitrogen and oxygen atoms in total. The summed E-state index contributed by atoms with van der Waals surface area (Å²) in [5.74, 6) is -1.78. The summed E-state index contributed by atoms with van der Waals surface area (Å²) in [6.07, 6.45) is 0.868. The molecule has 3 rings (SSSR count). The molecule has 0 bridgehead atoms. The van der Waals surface area contributed by atoms with Gasteiger partial charge in [-0.05, 0) is 34.6 Å². The second-order valence-electron chi connectivity index (χ2n) is 8.43. The van der Waals surface area contributed by atoms with Gasteiger partial charge in [0.2, 0.25) is 5.91 Å². The maximum absolute atomic E-state index is 12.4. The quantitative estimate of drug-likeness (QED) is 0.475. The normalized spacial score (nSPS) is 14.0. The minimum absolute atomic E-state index is 0.00311. The summed E-state index contributed by atoms with van der Waals surface area (Å²) < 4.78 is 5.54. The molecule has 2 unspecified atom stereocenters. The Bertz CT molecular complexity index is 945. The lowest BCUT2D eigenvalue weighted by molar-refractivity contribution is -0.141. The van der Waals surface area contributed by atoms with Crippen molar-refractivity contribution in [3.63, 3.8) is 0 Å². The van der Waals surface area contributed by atoms with E-state index in [2.05, 4.69) is 34.9 Å². The average molecular weight is 453 g/mol. The highest BCUT2D eigenvalue weighted by atomic mass is 16.5. The SMILES string of the molecule is CCC(CNC(=O)OCC1c2ccccc2-c2ccccc21)CC(=O)NCC(CC)C(=O)O. The predicted molar refractivity (Wildman–Crippen MR) is 126 cm³/mol. The number of carbonyl (C=O) groups is 3. The predicted octanol–water partition coefficient (Wildman–Crippen LogP) is 4.17. The number of rotatable bonds is 11. The number of benzene rings is 2. The van der Waals surface area contributed by atoms with Crippen LogP contribution in [0.3, 0.4) is 0 Å². The van der Waals surface area contributed by atoms with E-state index in [0.29, 0.717) is 19.4 Å². The molecule has 1 aliphatic carbocycles. The van der Waals surface area contributed by atoms with Crippen LogP contribution in [0.4, 0.5) is 4.79 Å². The molecule has 0 heterocycles. The Balaban J connectivity index is 1.47. The molecule has 2 aromatic carbocycles. The van der Waals surface area contributed by atoms with E-state index >= 15 is 0 Å². The second kappa shape index (κ2) is 11.5. The molecular weight excluding hydrogens is 420 g/mol. The van der Waals surface area contributed by atoms with Crippen LogP contribution in [0.15, 0.2) is 48.5 Å². The molecular formula is C26H32N2O5. The van der Waals surface area contributed by atoms with Gasteiger partial charge in [-0.3, -0.25) is 9.59 Å². The number of carbonyl (C=O) groups excluding carboxylic acids is 2. The molecule has 0 saturated heterocycles. The fraction of sp³-hybridized carbons (Fsp3) is 0.423. The number of hydrogen-bond donors (Lipinski definition) is 3. The van der Waals surface area contributed by atoms with E-state index in [4.69, 9.17) is 9.84 Å². The number of alkyl carbamates (subject to hydrolysis) is 1. The van der Waals surface area contributed by atoms with Gasteiger partial charge in [-0.1, -0.05) is 68.8 Å². The smallest absolute Gasteiger partial charge is 0.407 e. The molecule has 176 valence electrons. The maximum Gasteiger partial charge on any atom is 0.407 e. The Kier molecular flexibility index (Phi) is 8.46. The van der Waals surface area contributed by atoms with Crippen molar-refractivity contribution in [3.8, 4) is 11.1 Å². The van der Waals surface area contributed by atoms with Gasteiger partial charge in [-0.25, -0.2) is 4.79 Å². The fourth-order valence-electron chi connectivity index (χ4n) is 4.22. The zero-order valence-electron chi connectivity index (χ0n) is 19.2. The van der Waals surface area contributed by atoms with Crippen LogP contribution < -0.4 is 10.6 Å². The molecule has 2 amide bonds. The van der Waals surface area contributed by atoms with Crippen molar-refractivity contribution in [3.05, 3.63) is 59.7 Å². The van der Waals surface area contributed by atoms with Gasteiger partial charge >= 0.3 is 12.1 Å². The van der Waals surface area contributed by atoms with Crippen molar-refractivity contribution in [2.24, 2.45) is 11.8 Å². The van der Waals surface area contributed by atoms with E-state index in [0.717, 1.165) is 11.1 Å². The first-order valence-electron chi connectivity index (χ1n) is 11.5. The van der Waals surface area contributed by atoms with Crippen LogP contribution in [0.25, 0.3) is 11.1 Å². The van der Waals surface area contributed by atoms with E-state index in [-0.39, 0.29) is 37.3 Å². The Morgan fingerprint density at radius 3 is 2.06 bits per heavy atom. The Morgan fingerprint density at radius 2 is 1.52 bits per heavy atom. The minimum atomic E-state index is -0.915. The van der Waals surface area contributed by atoms with Crippen LogP contribution in [0.5, 0.6) is 0 Å². The van der Waals surface area contributed by atoms with Gasteiger partial charge in [-0.15, -0.1) is 0 Å². The Morgan fingerprint density at radius 1 is 0.909 bits per heavy atom. The van der Waals surface area contributed by atoms with Gasteiger partial charge in [-0.2, -0.15) is 0 Å². The first-order valence-corrected chi connectivity index (χ1v) is 11.5. The van der Waals surface area contributed by atoms with Gasteiger partial charge in [0, 0.05) is 25.4 Å². The van der Waals surface area contributed by atoms with E-state index in [1.807, 2.05) is 31.2 Å². The lowest BCUT2D eigenvalue weighted by atomic mass is 9.98. The molecule has 1 aliphatic rings. The molecule has 0 aliphatic heterocycles. The molecule has 33 heavy (non-hydrogen) atoms. The third-order valence-electron chi connectivity index (χ3n) is 6.32. The summed E-state index contributed by atoms with van der Waals surface area (Å²) in [5, 5.41) is 14.5. The Hall–Kier alpha value is -3.35. The lowest BCUT2D eigenvalue weighted by Crippen LogP contribution is -2.36. The molecule has 2 atom stereocenters. The zero-order valence-corrected chi connectivity index (χ0v) is 19.2. The largest absolute Gasteiger partial charge is 0.481 e. The van der Waals surface area contributed by atoms with Crippen LogP contribution in [-0.4, -0.2) is 42.8 Å². The summed E-state index contributed by atoms with van der Waals surface area (Å²) in [6, 6.07) is 16.3. The average Bonchev–Trinajstić information content (AvgIpc) is 3.14. The third-order valence-corrected chi connectivity index (χ3v) is 6.32. The number of aliphatic carboxylic acids is 1. The standard InChI is InChI=1S/C26H32N2O5/c1-3-17(13-24(29)27-15-18(4-2)25(30)31)14-28-26(32)33-16-23-21-11-7-5-9-19(21)20-10-6-8-12-22(20)23/h5-12,17-18,23H,3-4,13-16H2,1-2H3,(H,27,29)(H,28,32)(H,30,31). The number of nitrogens with one attached hydrogen (secondary N) is 2. The van der Waals surface area contributed by atoms with E-state index in [1.54, 1.807) is 6.92 Å². The van der Waals surface area contributed by atoms with Crippen molar-refractivity contribution in [2.45, 2.75) is 39.0 Å². The first-order chi connectivity index (χ1) is 15.9. The molecule has 2 aromatic rings. The van der Waals surface area contributed by atoms with Crippen LogP contribution in [0.2, 0.25) is 0 Å². The van der Waals surface area contributed by atoms with Gasteiger partial charge in [0.15, 0.2) is 0 Å². The molecule has 0 saturated carbocycles. The van der Waals surface area contributed by atoms with Crippen molar-refractivity contribution in [1.29, 1.82) is 0 Å². The monoisotopic (exact) mass is 452 g/mol. The van der Waals surface area contributed by atoms with E-state index < -0.39 is 18.0 Å². The summed E-state index contributed by atoms with van der Waals surface area (Å²) in [4.78, 5) is 35.6. The number of carboxylic acids is 1. The van der Waals surface area contributed by atoms with Crippen LogP contribution in [0.1, 0.15) is 50.2 Å². The summed E-state index contributed by atoms with van der Waals surface area (Å²) in [6.45, 7) is 4.39. The lowest BCUT2D eigenvalue weighted by Gasteiger charge is -2.18. The van der Waals surface area contributed by atoms with Gasteiger partial charge in [0.25, 0.3) is 0 Å². The fourth-order valence-corrected chi connectivity index (χ4v) is 4.22. The molecule has 7 heteroatoms. The first kappa shape index (κ1) is 24.3. The minimum Gasteiger partial charge on any atom is -0.481 e. The summed E-state index contributed by atoms with van der Waals surface area (Å²) >= 11 is 0. The second-order valence-corrected chi connectivity index (χ2v) is 8.43. The molecule has 0 radical (unpaired) electrons. The number of carboxylic acid groups (broad SMARTS) is 1. The van der Waals surface area contributed by atoms with Gasteiger partial charge in [0.05, 0.1) is 5.92 Å².